The van der Waals surface area contributed by atoms with Crippen molar-refractivity contribution in [1.82, 2.24) is 14.3 Å². The van der Waals surface area contributed by atoms with E-state index in [1.54, 1.807) is 6.07 Å². The molecular weight excluding hydrogens is 468 g/mol. The van der Waals surface area contributed by atoms with Crippen LogP contribution in [-0.4, -0.2) is 41.7 Å². The number of hydrogen-bond donors (Lipinski definition) is 1. The lowest BCUT2D eigenvalue weighted by atomic mass is 10.1. The van der Waals surface area contributed by atoms with Crippen molar-refractivity contribution in [2.45, 2.75) is 50.3 Å². The van der Waals surface area contributed by atoms with Crippen molar-refractivity contribution < 1.29 is 13.2 Å². The molecule has 5 rings (SSSR count). The summed E-state index contributed by atoms with van der Waals surface area (Å²) in [5.74, 6) is 0.991. The number of aromatic nitrogens is 2. The predicted octanol–water partition coefficient (Wildman–Crippen LogP) is 4.88. The summed E-state index contributed by atoms with van der Waals surface area (Å²) in [6, 6.07) is 4.56. The zero-order chi connectivity index (χ0) is 22.6. The van der Waals surface area contributed by atoms with Gasteiger partial charge in [0, 0.05) is 30.1 Å². The second-order valence-corrected chi connectivity index (χ2v) is 11.7. The van der Waals surface area contributed by atoms with Crippen LogP contribution in [0.3, 0.4) is 0 Å². The summed E-state index contributed by atoms with van der Waals surface area (Å²) in [6.45, 7) is 4.82. The Morgan fingerprint density at radius 1 is 1.19 bits per heavy atom. The van der Waals surface area contributed by atoms with Gasteiger partial charge in [-0.15, -0.1) is 11.3 Å². The van der Waals surface area contributed by atoms with Gasteiger partial charge in [0.15, 0.2) is 0 Å². The first kappa shape index (κ1) is 21.8. The fraction of sp³-hybridized carbons (Fsp3) is 0.409. The first-order valence-electron chi connectivity index (χ1n) is 10.6. The minimum Gasteiger partial charge on any atom is -0.321 e. The van der Waals surface area contributed by atoms with Crippen molar-refractivity contribution in [2.24, 2.45) is 0 Å². The third kappa shape index (κ3) is 3.81. The number of carbonyl (C=O) groups is 1. The Kier molecular flexibility index (Phi) is 5.48. The van der Waals surface area contributed by atoms with Crippen molar-refractivity contribution in [3.63, 3.8) is 0 Å². The summed E-state index contributed by atoms with van der Waals surface area (Å²) < 4.78 is 27.4. The Hall–Kier alpha value is -2.07. The van der Waals surface area contributed by atoms with Crippen molar-refractivity contribution in [3.8, 4) is 0 Å². The molecular formula is C22H23ClN4O3S2. The number of nitrogens with zero attached hydrogens (tertiary/aromatic N) is 3. The van der Waals surface area contributed by atoms with Crippen LogP contribution in [-0.2, 0) is 10.0 Å². The number of sulfonamides is 1. The number of anilines is 1. The van der Waals surface area contributed by atoms with Gasteiger partial charge in [0.1, 0.15) is 15.6 Å². The van der Waals surface area contributed by atoms with Gasteiger partial charge >= 0.3 is 0 Å². The van der Waals surface area contributed by atoms with Crippen molar-refractivity contribution in [3.05, 3.63) is 45.2 Å². The lowest BCUT2D eigenvalue weighted by molar-refractivity contribution is 0.103. The molecule has 1 aliphatic carbocycles. The summed E-state index contributed by atoms with van der Waals surface area (Å²) in [5, 5.41) is 3.90. The minimum absolute atomic E-state index is 0.0164. The largest absolute Gasteiger partial charge is 0.321 e. The quantitative estimate of drug-likeness (QED) is 0.550. The minimum atomic E-state index is -3.70. The highest BCUT2D eigenvalue weighted by Crippen LogP contribution is 2.40. The Labute approximate surface area is 195 Å². The topological polar surface area (TPSA) is 92.3 Å². The monoisotopic (exact) mass is 490 g/mol. The number of thiophene rings is 1. The van der Waals surface area contributed by atoms with Crippen LogP contribution >= 0.6 is 22.9 Å². The third-order valence-electron chi connectivity index (χ3n) is 6.01. The SMILES string of the molecule is Cc1nc(C2CC2)nc2sc(C(=O)Nc3ccc(Cl)c(S(=O)(=O)N4CCCC4)c3)c(C)c12. The summed E-state index contributed by atoms with van der Waals surface area (Å²) in [4.78, 5) is 23.8. The molecule has 0 radical (unpaired) electrons. The van der Waals surface area contributed by atoms with Crippen LogP contribution < -0.4 is 5.32 Å². The highest BCUT2D eigenvalue weighted by atomic mass is 35.5. The fourth-order valence-electron chi connectivity index (χ4n) is 4.13. The van der Waals surface area contributed by atoms with E-state index in [0.717, 1.165) is 53.0 Å². The van der Waals surface area contributed by atoms with Crippen LogP contribution in [0.25, 0.3) is 10.2 Å². The first-order valence-corrected chi connectivity index (χ1v) is 13.3. The van der Waals surface area contributed by atoms with E-state index in [1.165, 1.54) is 27.8 Å². The number of aryl methyl sites for hydroxylation is 2. The molecule has 0 atom stereocenters. The van der Waals surface area contributed by atoms with E-state index in [2.05, 4.69) is 10.3 Å². The van der Waals surface area contributed by atoms with Gasteiger partial charge in [-0.3, -0.25) is 4.79 Å². The molecule has 7 nitrogen and oxygen atoms in total. The van der Waals surface area contributed by atoms with Crippen LogP contribution in [0.5, 0.6) is 0 Å². The van der Waals surface area contributed by atoms with Crippen LogP contribution in [0, 0.1) is 13.8 Å². The molecule has 32 heavy (non-hydrogen) atoms. The number of fused-ring (bicyclic) bond motifs is 1. The van der Waals surface area contributed by atoms with E-state index in [1.807, 2.05) is 13.8 Å². The fourth-order valence-corrected chi connectivity index (χ4v) is 7.29. The molecule has 2 aromatic heterocycles. The number of benzene rings is 1. The van der Waals surface area contributed by atoms with Gasteiger partial charge in [-0.05, 0) is 63.3 Å². The van der Waals surface area contributed by atoms with Crippen molar-refractivity contribution in [2.75, 3.05) is 18.4 Å². The van der Waals surface area contributed by atoms with E-state index < -0.39 is 10.0 Å². The van der Waals surface area contributed by atoms with Crippen molar-refractivity contribution in [1.29, 1.82) is 0 Å². The van der Waals surface area contributed by atoms with Crippen LogP contribution in [0.4, 0.5) is 5.69 Å². The van der Waals surface area contributed by atoms with Crippen LogP contribution in [0.2, 0.25) is 5.02 Å². The number of halogens is 1. The number of amides is 1. The highest BCUT2D eigenvalue weighted by molar-refractivity contribution is 7.89. The van der Waals surface area contributed by atoms with Gasteiger partial charge in [0.2, 0.25) is 10.0 Å². The van der Waals surface area contributed by atoms with Gasteiger partial charge in [-0.1, -0.05) is 11.6 Å². The zero-order valence-electron chi connectivity index (χ0n) is 17.8. The molecule has 3 aromatic rings. The maximum absolute atomic E-state index is 13.1. The standard InChI is InChI=1S/C22H23ClN4O3S2/c1-12-18-13(2)24-20(14-5-6-14)26-22(18)31-19(12)21(28)25-15-7-8-16(23)17(11-15)32(29,30)27-9-3-4-10-27/h7-8,11,14H,3-6,9-10H2,1-2H3,(H,25,28). The number of rotatable bonds is 5. The lowest BCUT2D eigenvalue weighted by Crippen LogP contribution is -2.28. The first-order chi connectivity index (χ1) is 15.3. The smallest absolute Gasteiger partial charge is 0.266 e. The molecule has 2 fully saturated rings. The third-order valence-corrected chi connectivity index (χ3v) is 9.57. The maximum Gasteiger partial charge on any atom is 0.266 e. The number of nitrogens with one attached hydrogen (secondary N) is 1. The second-order valence-electron chi connectivity index (χ2n) is 8.39. The molecule has 168 valence electrons. The van der Waals surface area contributed by atoms with E-state index in [0.29, 0.717) is 29.6 Å². The number of hydrogen-bond acceptors (Lipinski definition) is 6. The Bertz CT molecular complexity index is 1340. The van der Waals surface area contributed by atoms with E-state index in [-0.39, 0.29) is 15.8 Å². The molecule has 1 aliphatic heterocycles. The summed E-state index contributed by atoms with van der Waals surface area (Å²) >= 11 is 7.56. The Morgan fingerprint density at radius 3 is 2.59 bits per heavy atom. The van der Waals surface area contributed by atoms with Gasteiger partial charge in [-0.2, -0.15) is 4.31 Å². The number of carbonyl (C=O) groups excluding carboxylic acids is 1. The molecule has 0 spiro atoms. The predicted molar refractivity (Wildman–Crippen MR) is 126 cm³/mol. The van der Waals surface area contributed by atoms with Crippen LogP contribution in [0.15, 0.2) is 23.1 Å². The molecule has 1 N–H and O–H groups in total. The van der Waals surface area contributed by atoms with E-state index in [9.17, 15) is 13.2 Å². The lowest BCUT2D eigenvalue weighted by Gasteiger charge is -2.17. The molecule has 0 unspecified atom stereocenters. The van der Waals surface area contributed by atoms with Crippen LogP contribution in [0.1, 0.15) is 58.4 Å². The van der Waals surface area contributed by atoms with Crippen molar-refractivity contribution >= 4 is 54.8 Å². The molecule has 3 heterocycles. The van der Waals surface area contributed by atoms with Gasteiger partial charge in [0.25, 0.3) is 5.91 Å². The highest BCUT2D eigenvalue weighted by Gasteiger charge is 2.30. The Morgan fingerprint density at radius 2 is 1.91 bits per heavy atom. The summed E-state index contributed by atoms with van der Waals surface area (Å²) in [6.07, 6.45) is 3.90. The average Bonchev–Trinajstić information content (AvgIpc) is 3.32. The van der Waals surface area contributed by atoms with Gasteiger partial charge in [-0.25, -0.2) is 18.4 Å². The zero-order valence-corrected chi connectivity index (χ0v) is 20.2. The van der Waals surface area contributed by atoms with E-state index in [4.69, 9.17) is 16.6 Å². The summed E-state index contributed by atoms with van der Waals surface area (Å²) in [5.41, 5.74) is 2.10. The molecule has 1 saturated heterocycles. The molecule has 1 amide bonds. The summed E-state index contributed by atoms with van der Waals surface area (Å²) in [7, 11) is -3.70. The van der Waals surface area contributed by atoms with Gasteiger partial charge in [0.05, 0.1) is 15.6 Å². The molecule has 10 heteroatoms. The second kappa shape index (κ2) is 8.06. The van der Waals surface area contributed by atoms with E-state index >= 15 is 0 Å². The van der Waals surface area contributed by atoms with Gasteiger partial charge < -0.3 is 5.32 Å². The molecule has 1 aromatic carbocycles. The molecule has 2 aliphatic rings. The Balaban J connectivity index is 1.46. The molecule has 0 bridgehead atoms. The normalized spacial score (nSPS) is 17.2. The average molecular weight is 491 g/mol. The molecule has 1 saturated carbocycles. The maximum atomic E-state index is 13.1.